The SMILES string of the molecule is O=C(Nc1ccccc1O)c1c[nH]c(=S)n1-c1ccccc1. The molecule has 0 aliphatic carbocycles. The van der Waals surface area contributed by atoms with Crippen LogP contribution in [0.2, 0.25) is 0 Å². The number of carbonyl (C=O) groups excluding carboxylic acids is 1. The van der Waals surface area contributed by atoms with E-state index in [1.807, 2.05) is 30.3 Å². The maximum absolute atomic E-state index is 12.5. The predicted octanol–water partition coefficient (Wildman–Crippen LogP) is 3.49. The van der Waals surface area contributed by atoms with Gasteiger partial charge in [0.1, 0.15) is 11.4 Å². The molecule has 3 N–H and O–H groups in total. The lowest BCUT2D eigenvalue weighted by Crippen LogP contribution is -2.16. The summed E-state index contributed by atoms with van der Waals surface area (Å²) >= 11 is 5.24. The zero-order valence-corrected chi connectivity index (χ0v) is 12.3. The molecular formula is C16H13N3O2S. The fraction of sp³-hybridized carbons (Fsp3) is 0. The molecule has 0 fully saturated rings. The summed E-state index contributed by atoms with van der Waals surface area (Å²) in [4.78, 5) is 15.3. The standard InChI is InChI=1S/C16H13N3O2S/c20-14-9-5-4-8-12(14)18-15(21)13-10-17-16(22)19(13)11-6-2-1-3-7-11/h1-10,20H,(H,17,22)(H,18,21). The van der Waals surface area contributed by atoms with Gasteiger partial charge >= 0.3 is 0 Å². The van der Waals surface area contributed by atoms with Crippen molar-refractivity contribution in [3.8, 4) is 11.4 Å². The first kappa shape index (κ1) is 14.1. The van der Waals surface area contributed by atoms with Crippen molar-refractivity contribution in [2.75, 3.05) is 5.32 Å². The molecule has 2 aromatic carbocycles. The molecule has 0 unspecified atom stereocenters. The van der Waals surface area contributed by atoms with E-state index in [0.29, 0.717) is 16.2 Å². The Kier molecular flexibility index (Phi) is 3.76. The molecule has 0 bridgehead atoms. The number of aromatic amines is 1. The quantitative estimate of drug-likeness (QED) is 0.512. The van der Waals surface area contributed by atoms with E-state index in [4.69, 9.17) is 12.2 Å². The molecule has 0 saturated carbocycles. The molecule has 1 aromatic heterocycles. The molecule has 5 nitrogen and oxygen atoms in total. The van der Waals surface area contributed by atoms with E-state index in [2.05, 4.69) is 10.3 Å². The number of aromatic nitrogens is 2. The first-order valence-electron chi connectivity index (χ1n) is 6.62. The number of phenolic OH excluding ortho intramolecular Hbond substituents is 1. The molecule has 0 saturated heterocycles. The average molecular weight is 311 g/mol. The Morgan fingerprint density at radius 3 is 2.50 bits per heavy atom. The van der Waals surface area contributed by atoms with Gasteiger partial charge in [-0.1, -0.05) is 30.3 Å². The topological polar surface area (TPSA) is 70.1 Å². The molecule has 0 atom stereocenters. The molecule has 110 valence electrons. The second-order valence-corrected chi connectivity index (χ2v) is 5.01. The van der Waals surface area contributed by atoms with Crippen LogP contribution in [-0.2, 0) is 0 Å². The number of amides is 1. The van der Waals surface area contributed by atoms with Gasteiger partial charge in [-0.3, -0.25) is 9.36 Å². The number of anilines is 1. The number of benzene rings is 2. The fourth-order valence-electron chi connectivity index (χ4n) is 2.13. The van der Waals surface area contributed by atoms with Crippen LogP contribution in [0, 0.1) is 4.77 Å². The van der Waals surface area contributed by atoms with Gasteiger partial charge in [0.15, 0.2) is 4.77 Å². The molecule has 0 aliphatic rings. The van der Waals surface area contributed by atoms with Crippen molar-refractivity contribution in [1.29, 1.82) is 0 Å². The molecule has 1 heterocycles. The van der Waals surface area contributed by atoms with Crippen LogP contribution < -0.4 is 5.32 Å². The smallest absolute Gasteiger partial charge is 0.274 e. The van der Waals surface area contributed by atoms with E-state index < -0.39 is 0 Å². The summed E-state index contributed by atoms with van der Waals surface area (Å²) in [5.41, 5.74) is 1.50. The van der Waals surface area contributed by atoms with Gasteiger partial charge in [0, 0.05) is 11.9 Å². The van der Waals surface area contributed by atoms with Crippen LogP contribution in [0.5, 0.6) is 5.75 Å². The molecule has 3 aromatic rings. The van der Waals surface area contributed by atoms with Gasteiger partial charge in [-0.25, -0.2) is 0 Å². The second kappa shape index (κ2) is 5.87. The molecule has 6 heteroatoms. The Labute approximate surface area is 131 Å². The fourth-order valence-corrected chi connectivity index (χ4v) is 2.40. The van der Waals surface area contributed by atoms with Gasteiger partial charge in [0.25, 0.3) is 5.91 Å². The van der Waals surface area contributed by atoms with Crippen molar-refractivity contribution < 1.29 is 9.90 Å². The van der Waals surface area contributed by atoms with E-state index in [1.165, 1.54) is 6.07 Å². The number of hydrogen-bond donors (Lipinski definition) is 3. The highest BCUT2D eigenvalue weighted by atomic mass is 32.1. The third-order valence-corrected chi connectivity index (χ3v) is 3.48. The number of carbonyl (C=O) groups is 1. The molecule has 0 spiro atoms. The zero-order valence-electron chi connectivity index (χ0n) is 11.5. The highest BCUT2D eigenvalue weighted by molar-refractivity contribution is 7.71. The number of imidazole rings is 1. The third kappa shape index (κ3) is 2.64. The number of aromatic hydroxyl groups is 1. The highest BCUT2D eigenvalue weighted by Gasteiger charge is 2.15. The number of H-pyrrole nitrogens is 1. The Morgan fingerprint density at radius 1 is 1.09 bits per heavy atom. The van der Waals surface area contributed by atoms with Crippen molar-refractivity contribution in [2.24, 2.45) is 0 Å². The lowest BCUT2D eigenvalue weighted by molar-refractivity contribution is 0.102. The number of nitrogens with zero attached hydrogens (tertiary/aromatic N) is 1. The van der Waals surface area contributed by atoms with Crippen LogP contribution >= 0.6 is 12.2 Å². The zero-order chi connectivity index (χ0) is 15.5. The van der Waals surface area contributed by atoms with Crippen LogP contribution in [-0.4, -0.2) is 20.6 Å². The Bertz CT molecular complexity index is 868. The number of phenols is 1. The molecule has 1 amide bonds. The summed E-state index contributed by atoms with van der Waals surface area (Å²) in [7, 11) is 0. The lowest BCUT2D eigenvalue weighted by Gasteiger charge is -2.10. The van der Waals surface area contributed by atoms with Gasteiger partial charge < -0.3 is 15.4 Å². The van der Waals surface area contributed by atoms with Crippen LogP contribution in [0.25, 0.3) is 5.69 Å². The van der Waals surface area contributed by atoms with Crippen molar-refractivity contribution >= 4 is 23.8 Å². The summed E-state index contributed by atoms with van der Waals surface area (Å²) in [5.74, 6) is -0.353. The summed E-state index contributed by atoms with van der Waals surface area (Å²) in [5, 5.41) is 12.4. The minimum atomic E-state index is -0.363. The molecule has 0 radical (unpaired) electrons. The minimum absolute atomic E-state index is 0.0104. The first-order chi connectivity index (χ1) is 10.7. The Morgan fingerprint density at radius 2 is 1.77 bits per heavy atom. The van der Waals surface area contributed by atoms with Gasteiger partial charge in [0.05, 0.1) is 5.69 Å². The van der Waals surface area contributed by atoms with E-state index in [0.717, 1.165) is 5.69 Å². The van der Waals surface area contributed by atoms with Crippen molar-refractivity contribution in [3.63, 3.8) is 0 Å². The molecule has 3 rings (SSSR count). The van der Waals surface area contributed by atoms with Gasteiger partial charge in [-0.05, 0) is 36.5 Å². The molecule has 0 aliphatic heterocycles. The predicted molar refractivity (Wildman–Crippen MR) is 87.0 cm³/mol. The van der Waals surface area contributed by atoms with Gasteiger partial charge in [-0.15, -0.1) is 0 Å². The third-order valence-electron chi connectivity index (χ3n) is 3.18. The van der Waals surface area contributed by atoms with Crippen LogP contribution in [0.4, 0.5) is 5.69 Å². The summed E-state index contributed by atoms with van der Waals surface area (Å²) in [6.45, 7) is 0. The van der Waals surface area contributed by atoms with E-state index in [-0.39, 0.29) is 11.7 Å². The second-order valence-electron chi connectivity index (χ2n) is 4.62. The lowest BCUT2D eigenvalue weighted by atomic mass is 10.2. The van der Waals surface area contributed by atoms with Crippen molar-refractivity contribution in [3.05, 3.63) is 71.3 Å². The molecule has 22 heavy (non-hydrogen) atoms. The van der Waals surface area contributed by atoms with Gasteiger partial charge in [-0.2, -0.15) is 0 Å². The summed E-state index contributed by atoms with van der Waals surface area (Å²) in [6.07, 6.45) is 1.55. The van der Waals surface area contributed by atoms with Crippen molar-refractivity contribution in [1.82, 2.24) is 9.55 Å². The summed E-state index contributed by atoms with van der Waals surface area (Å²) < 4.78 is 2.07. The van der Waals surface area contributed by atoms with Crippen molar-refractivity contribution in [2.45, 2.75) is 0 Å². The summed E-state index contributed by atoms with van der Waals surface area (Å²) in [6, 6.07) is 15.9. The number of hydrogen-bond acceptors (Lipinski definition) is 3. The number of rotatable bonds is 3. The number of para-hydroxylation sites is 3. The van der Waals surface area contributed by atoms with E-state index in [1.54, 1.807) is 29.0 Å². The van der Waals surface area contributed by atoms with Gasteiger partial charge in [0.2, 0.25) is 0 Å². The maximum atomic E-state index is 12.5. The maximum Gasteiger partial charge on any atom is 0.274 e. The Hall–Kier alpha value is -2.86. The largest absolute Gasteiger partial charge is 0.506 e. The number of nitrogens with one attached hydrogen (secondary N) is 2. The molecular weight excluding hydrogens is 298 g/mol. The Balaban J connectivity index is 1.98. The monoisotopic (exact) mass is 311 g/mol. The van der Waals surface area contributed by atoms with Crippen LogP contribution in [0.1, 0.15) is 10.5 Å². The average Bonchev–Trinajstić information content (AvgIpc) is 2.92. The first-order valence-corrected chi connectivity index (χ1v) is 7.03. The normalized spacial score (nSPS) is 10.4. The van der Waals surface area contributed by atoms with Crippen LogP contribution in [0.3, 0.4) is 0 Å². The minimum Gasteiger partial charge on any atom is -0.506 e. The van der Waals surface area contributed by atoms with E-state index in [9.17, 15) is 9.90 Å². The highest BCUT2D eigenvalue weighted by Crippen LogP contribution is 2.22. The van der Waals surface area contributed by atoms with Crippen LogP contribution in [0.15, 0.2) is 60.8 Å². The van der Waals surface area contributed by atoms with E-state index >= 15 is 0 Å².